The number of aliphatic carboxylic acids is 1. The van der Waals surface area contributed by atoms with Crippen molar-refractivity contribution in [3.8, 4) is 0 Å². The van der Waals surface area contributed by atoms with Gasteiger partial charge in [-0.05, 0) is 36.5 Å². The molecule has 8 heteroatoms. The van der Waals surface area contributed by atoms with Crippen molar-refractivity contribution in [3.63, 3.8) is 0 Å². The van der Waals surface area contributed by atoms with E-state index < -0.39 is 40.8 Å². The molecule has 1 unspecified atom stereocenters. The van der Waals surface area contributed by atoms with Crippen molar-refractivity contribution < 1.29 is 27.1 Å². The summed E-state index contributed by atoms with van der Waals surface area (Å²) in [6.45, 7) is -1.10. The largest absolute Gasteiger partial charge is 0.481 e. The number of piperidine rings is 1. The van der Waals surface area contributed by atoms with Crippen molar-refractivity contribution in [2.75, 3.05) is 13.1 Å². The number of alkyl halides is 2. The van der Waals surface area contributed by atoms with Crippen LogP contribution < -0.4 is 0 Å². The first-order valence-corrected chi connectivity index (χ1v) is 8.86. The van der Waals surface area contributed by atoms with Gasteiger partial charge in [0, 0.05) is 19.5 Å². The predicted molar refractivity (Wildman–Crippen MR) is 77.9 cm³/mol. The third kappa shape index (κ3) is 3.10. The number of halogens is 2. The van der Waals surface area contributed by atoms with E-state index in [0.29, 0.717) is 5.92 Å². The van der Waals surface area contributed by atoms with Crippen LogP contribution in [0.2, 0.25) is 0 Å². The zero-order valence-corrected chi connectivity index (χ0v) is 13.1. The van der Waals surface area contributed by atoms with Crippen LogP contribution >= 0.6 is 0 Å². The van der Waals surface area contributed by atoms with Crippen LogP contribution in [0.4, 0.5) is 8.78 Å². The molecule has 1 atom stereocenters. The van der Waals surface area contributed by atoms with Gasteiger partial charge in [-0.2, -0.15) is 4.31 Å². The van der Waals surface area contributed by atoms with Gasteiger partial charge in [0.1, 0.15) is 5.92 Å². The van der Waals surface area contributed by atoms with Crippen molar-refractivity contribution in [2.24, 2.45) is 5.92 Å². The molecule has 3 rings (SSSR count). The number of rotatable bonds is 4. The first-order chi connectivity index (χ1) is 10.7. The maximum absolute atomic E-state index is 13.6. The molecule has 126 valence electrons. The van der Waals surface area contributed by atoms with Gasteiger partial charge in [-0.1, -0.05) is 12.1 Å². The number of carbonyl (C=O) groups is 1. The molecule has 1 aromatic carbocycles. The van der Waals surface area contributed by atoms with Gasteiger partial charge in [0.25, 0.3) is 5.92 Å². The van der Waals surface area contributed by atoms with Crippen LogP contribution in [0, 0.1) is 5.92 Å². The molecular formula is C15H17F2NO4S. The molecule has 0 spiro atoms. The quantitative estimate of drug-likeness (QED) is 0.909. The highest BCUT2D eigenvalue weighted by atomic mass is 32.2. The molecule has 0 radical (unpaired) electrons. The van der Waals surface area contributed by atoms with E-state index in [1.54, 1.807) is 12.1 Å². The summed E-state index contributed by atoms with van der Waals surface area (Å²) in [7, 11) is -3.96. The van der Waals surface area contributed by atoms with Gasteiger partial charge in [0.2, 0.25) is 10.0 Å². The van der Waals surface area contributed by atoms with Crippen LogP contribution in [0.1, 0.15) is 30.7 Å². The molecule has 0 bridgehead atoms. The number of hydrogen-bond donors (Lipinski definition) is 1. The summed E-state index contributed by atoms with van der Waals surface area (Å²) in [6.07, 6.45) is 1.39. The Morgan fingerprint density at radius 2 is 1.83 bits per heavy atom. The van der Waals surface area contributed by atoms with E-state index in [1.807, 2.05) is 0 Å². The maximum Gasteiger partial charge on any atom is 0.313 e. The normalized spacial score (nSPS) is 25.2. The average molecular weight is 345 g/mol. The Labute approximate surface area is 133 Å². The van der Waals surface area contributed by atoms with Crippen LogP contribution in [0.3, 0.4) is 0 Å². The number of nitrogens with zero attached hydrogens (tertiary/aromatic N) is 1. The van der Waals surface area contributed by atoms with E-state index in [2.05, 4.69) is 0 Å². The predicted octanol–water partition coefficient (Wildman–Crippen LogP) is 2.29. The van der Waals surface area contributed by atoms with Gasteiger partial charge in [0.15, 0.2) is 0 Å². The molecule has 23 heavy (non-hydrogen) atoms. The zero-order chi connectivity index (χ0) is 16.8. The third-order valence-corrected chi connectivity index (χ3v) is 6.33. The van der Waals surface area contributed by atoms with Gasteiger partial charge in [0.05, 0.1) is 4.90 Å². The Kier molecular flexibility index (Phi) is 3.92. The highest BCUT2D eigenvalue weighted by molar-refractivity contribution is 7.89. The minimum atomic E-state index is -3.96. The Balaban J connectivity index is 1.83. The van der Waals surface area contributed by atoms with E-state index in [9.17, 15) is 22.0 Å². The first kappa shape index (κ1) is 16.3. The lowest BCUT2D eigenvalue weighted by molar-refractivity contribution is -0.163. The number of sulfonamides is 1. The van der Waals surface area contributed by atoms with Crippen molar-refractivity contribution in [3.05, 3.63) is 29.8 Å². The minimum absolute atomic E-state index is 0.0104. The molecule has 1 N–H and O–H groups in total. The summed E-state index contributed by atoms with van der Waals surface area (Å²) < 4.78 is 53.2. The van der Waals surface area contributed by atoms with Crippen LogP contribution in [0.15, 0.2) is 29.2 Å². The highest BCUT2D eigenvalue weighted by Crippen LogP contribution is 2.40. The number of carboxylic acids is 1. The summed E-state index contributed by atoms with van der Waals surface area (Å²) in [5.74, 6) is -6.61. The van der Waals surface area contributed by atoms with E-state index in [4.69, 9.17) is 5.11 Å². The number of benzene rings is 1. The number of hydrogen-bond acceptors (Lipinski definition) is 3. The standard InChI is InChI=1S/C15H17F2NO4S/c16-15(17)7-8-18(9-13(15)14(19)20)23(21,22)12-5-3-11(4-6-12)10-1-2-10/h3-6,10,13H,1-2,7-9H2,(H,19,20). The molecule has 1 heterocycles. The summed E-state index contributed by atoms with van der Waals surface area (Å²) >= 11 is 0. The fourth-order valence-electron chi connectivity index (χ4n) is 2.83. The van der Waals surface area contributed by atoms with E-state index >= 15 is 0 Å². The van der Waals surface area contributed by atoms with E-state index in [-0.39, 0.29) is 11.4 Å². The minimum Gasteiger partial charge on any atom is -0.481 e. The van der Waals surface area contributed by atoms with Gasteiger partial charge >= 0.3 is 5.97 Å². The molecule has 1 saturated carbocycles. The van der Waals surface area contributed by atoms with Crippen LogP contribution in [0.25, 0.3) is 0 Å². The summed E-state index contributed by atoms with van der Waals surface area (Å²) in [6, 6.07) is 6.40. The van der Waals surface area contributed by atoms with Gasteiger partial charge in [-0.3, -0.25) is 4.79 Å². The second-order valence-electron chi connectivity index (χ2n) is 6.11. The maximum atomic E-state index is 13.6. The molecular weight excluding hydrogens is 328 g/mol. The lowest BCUT2D eigenvalue weighted by atomic mass is 9.95. The summed E-state index contributed by atoms with van der Waals surface area (Å²) in [4.78, 5) is 11.0. The van der Waals surface area contributed by atoms with Gasteiger partial charge < -0.3 is 5.11 Å². The average Bonchev–Trinajstić information content (AvgIpc) is 3.31. The van der Waals surface area contributed by atoms with Crippen molar-refractivity contribution in [1.29, 1.82) is 0 Å². The van der Waals surface area contributed by atoms with Crippen LogP contribution in [-0.2, 0) is 14.8 Å². The Morgan fingerprint density at radius 3 is 2.35 bits per heavy atom. The Hall–Kier alpha value is -1.54. The third-order valence-electron chi connectivity index (χ3n) is 4.46. The second-order valence-corrected chi connectivity index (χ2v) is 8.05. The summed E-state index contributed by atoms with van der Waals surface area (Å²) in [5, 5.41) is 8.93. The lowest BCUT2D eigenvalue weighted by Crippen LogP contribution is -2.52. The molecule has 1 aliphatic carbocycles. The summed E-state index contributed by atoms with van der Waals surface area (Å²) in [5.41, 5.74) is 1.07. The van der Waals surface area contributed by atoms with Crippen LogP contribution in [0.5, 0.6) is 0 Å². The highest BCUT2D eigenvalue weighted by Gasteiger charge is 2.50. The monoisotopic (exact) mass is 345 g/mol. The van der Waals surface area contributed by atoms with E-state index in [1.165, 1.54) is 12.1 Å². The Bertz CT molecular complexity index is 713. The molecule has 1 saturated heterocycles. The van der Waals surface area contributed by atoms with E-state index in [0.717, 1.165) is 22.7 Å². The molecule has 2 aliphatic rings. The fraction of sp³-hybridized carbons (Fsp3) is 0.533. The second kappa shape index (κ2) is 5.52. The van der Waals surface area contributed by atoms with Crippen molar-refractivity contribution >= 4 is 16.0 Å². The van der Waals surface area contributed by atoms with Gasteiger partial charge in [-0.25, -0.2) is 17.2 Å². The SMILES string of the molecule is O=C(O)C1CN(S(=O)(=O)c2ccc(C3CC3)cc2)CCC1(F)F. The molecule has 0 amide bonds. The van der Waals surface area contributed by atoms with Crippen molar-refractivity contribution in [1.82, 2.24) is 4.31 Å². The molecule has 2 fully saturated rings. The Morgan fingerprint density at radius 1 is 1.22 bits per heavy atom. The molecule has 0 aromatic heterocycles. The first-order valence-electron chi connectivity index (χ1n) is 7.42. The van der Waals surface area contributed by atoms with Crippen molar-refractivity contribution in [2.45, 2.75) is 36.0 Å². The van der Waals surface area contributed by atoms with Gasteiger partial charge in [-0.15, -0.1) is 0 Å². The molecule has 5 nitrogen and oxygen atoms in total. The topological polar surface area (TPSA) is 74.7 Å². The molecule has 1 aliphatic heterocycles. The fourth-order valence-corrected chi connectivity index (χ4v) is 4.29. The van der Waals surface area contributed by atoms with Crippen LogP contribution in [-0.4, -0.2) is 42.8 Å². The smallest absolute Gasteiger partial charge is 0.313 e. The lowest BCUT2D eigenvalue weighted by Gasteiger charge is -2.35. The molecule has 1 aromatic rings. The zero-order valence-electron chi connectivity index (χ0n) is 12.3. The number of carboxylic acid groups (broad SMARTS) is 1.